The lowest BCUT2D eigenvalue weighted by atomic mass is 10.6. The van der Waals surface area contributed by atoms with Crippen molar-refractivity contribution in [2.75, 3.05) is 7.05 Å². The zero-order valence-electron chi connectivity index (χ0n) is 6.11. The van der Waals surface area contributed by atoms with Crippen LogP contribution < -0.4 is 5.43 Å². The summed E-state index contributed by atoms with van der Waals surface area (Å²) in [4.78, 5) is 3.35. The van der Waals surface area contributed by atoms with E-state index in [0.717, 1.165) is 0 Å². The van der Waals surface area contributed by atoms with Crippen LogP contribution >= 0.6 is 0 Å². The Morgan fingerprint density at radius 2 is 2.09 bits per heavy atom. The molecule has 1 heterocycles. The van der Waals surface area contributed by atoms with E-state index in [4.69, 9.17) is 0 Å². The van der Waals surface area contributed by atoms with Gasteiger partial charge in [-0.05, 0) is 6.92 Å². The lowest BCUT2D eigenvalue weighted by Gasteiger charge is -2.13. The predicted molar refractivity (Wildman–Crippen MR) is 33.9 cm³/mol. The molecular formula is C5H8F3N3. The van der Waals surface area contributed by atoms with Crippen LogP contribution in [0.25, 0.3) is 0 Å². The third-order valence-corrected chi connectivity index (χ3v) is 1.43. The highest BCUT2D eigenvalue weighted by Gasteiger charge is 2.40. The Labute approximate surface area is 61.9 Å². The van der Waals surface area contributed by atoms with Crippen LogP contribution in [0.5, 0.6) is 0 Å². The van der Waals surface area contributed by atoms with Crippen LogP contribution in [-0.4, -0.2) is 30.2 Å². The Kier molecular flexibility index (Phi) is 1.79. The van der Waals surface area contributed by atoms with E-state index >= 15 is 0 Å². The minimum atomic E-state index is -4.36. The molecule has 6 heteroatoms. The van der Waals surface area contributed by atoms with Gasteiger partial charge in [0.1, 0.15) is 6.17 Å². The Balaban J connectivity index is 2.71. The van der Waals surface area contributed by atoms with Gasteiger partial charge < -0.3 is 0 Å². The van der Waals surface area contributed by atoms with Crippen LogP contribution in [-0.2, 0) is 0 Å². The normalized spacial score (nSPS) is 26.6. The molecule has 1 rings (SSSR count). The fourth-order valence-corrected chi connectivity index (χ4v) is 0.699. The number of rotatable bonds is 0. The van der Waals surface area contributed by atoms with Crippen LogP contribution in [0, 0.1) is 0 Å². The minimum Gasteiger partial charge on any atom is -0.297 e. The Bertz CT molecular complexity index is 186. The van der Waals surface area contributed by atoms with E-state index in [1.807, 2.05) is 0 Å². The van der Waals surface area contributed by atoms with Gasteiger partial charge in [-0.25, -0.2) is 10.0 Å². The molecule has 0 fully saturated rings. The van der Waals surface area contributed by atoms with Crippen LogP contribution in [0.4, 0.5) is 13.2 Å². The van der Waals surface area contributed by atoms with Crippen molar-refractivity contribution < 1.29 is 13.2 Å². The number of hydrazine groups is 1. The van der Waals surface area contributed by atoms with E-state index in [9.17, 15) is 13.2 Å². The second kappa shape index (κ2) is 2.37. The zero-order valence-corrected chi connectivity index (χ0v) is 6.11. The summed E-state index contributed by atoms with van der Waals surface area (Å²) in [6.07, 6.45) is -4.81. The summed E-state index contributed by atoms with van der Waals surface area (Å²) in [7, 11) is 1.51. The SMILES string of the molecule is CC1N=C(C(F)(F)F)NN1C. The number of aliphatic imine (C=N–C) groups is 1. The van der Waals surface area contributed by atoms with Crippen molar-refractivity contribution in [2.24, 2.45) is 4.99 Å². The van der Waals surface area contributed by atoms with Crippen molar-refractivity contribution in [3.63, 3.8) is 0 Å². The van der Waals surface area contributed by atoms with Crippen LogP contribution in [0.2, 0.25) is 0 Å². The molecule has 1 atom stereocenters. The van der Waals surface area contributed by atoms with E-state index in [2.05, 4.69) is 10.4 Å². The zero-order chi connectivity index (χ0) is 8.65. The second-order valence-electron chi connectivity index (χ2n) is 2.33. The summed E-state index contributed by atoms with van der Waals surface area (Å²) in [5.74, 6) is -0.924. The number of alkyl halides is 3. The lowest BCUT2D eigenvalue weighted by Crippen LogP contribution is -2.41. The molecule has 0 aromatic heterocycles. The highest BCUT2D eigenvalue weighted by molar-refractivity contribution is 5.88. The molecule has 0 amide bonds. The first-order valence-corrected chi connectivity index (χ1v) is 3.06. The molecule has 0 aromatic rings. The molecule has 64 valence electrons. The molecule has 0 saturated heterocycles. The van der Waals surface area contributed by atoms with E-state index < -0.39 is 18.2 Å². The first kappa shape index (κ1) is 8.32. The maximum Gasteiger partial charge on any atom is 0.450 e. The van der Waals surface area contributed by atoms with Crippen LogP contribution in [0.15, 0.2) is 4.99 Å². The fourth-order valence-electron chi connectivity index (χ4n) is 0.699. The van der Waals surface area contributed by atoms with Gasteiger partial charge in [0.2, 0.25) is 5.84 Å². The smallest absolute Gasteiger partial charge is 0.297 e. The molecule has 1 aliphatic rings. The summed E-state index contributed by atoms with van der Waals surface area (Å²) in [5, 5.41) is 1.29. The monoisotopic (exact) mass is 167 g/mol. The van der Waals surface area contributed by atoms with Crippen molar-refractivity contribution in [3.8, 4) is 0 Å². The summed E-state index contributed by atoms with van der Waals surface area (Å²) < 4.78 is 35.7. The van der Waals surface area contributed by atoms with Crippen molar-refractivity contribution in [3.05, 3.63) is 0 Å². The number of nitrogens with zero attached hydrogens (tertiary/aromatic N) is 2. The molecule has 0 aromatic carbocycles. The highest BCUT2D eigenvalue weighted by Crippen LogP contribution is 2.19. The van der Waals surface area contributed by atoms with Gasteiger partial charge in [-0.1, -0.05) is 0 Å². The maximum absolute atomic E-state index is 11.9. The van der Waals surface area contributed by atoms with Gasteiger partial charge in [-0.2, -0.15) is 13.2 Å². The van der Waals surface area contributed by atoms with Gasteiger partial charge >= 0.3 is 6.18 Å². The van der Waals surface area contributed by atoms with Gasteiger partial charge in [0.15, 0.2) is 0 Å². The van der Waals surface area contributed by atoms with Gasteiger partial charge in [0.25, 0.3) is 0 Å². The molecule has 0 saturated carbocycles. The van der Waals surface area contributed by atoms with E-state index in [-0.39, 0.29) is 0 Å². The first-order chi connectivity index (χ1) is 4.91. The van der Waals surface area contributed by atoms with Crippen molar-refractivity contribution in [1.82, 2.24) is 10.4 Å². The third kappa shape index (κ3) is 1.62. The highest BCUT2D eigenvalue weighted by atomic mass is 19.4. The average molecular weight is 167 g/mol. The molecule has 3 nitrogen and oxygen atoms in total. The molecule has 1 aliphatic heterocycles. The van der Waals surface area contributed by atoms with Gasteiger partial charge in [0, 0.05) is 7.05 Å². The second-order valence-corrected chi connectivity index (χ2v) is 2.33. The first-order valence-electron chi connectivity index (χ1n) is 3.06. The fraction of sp³-hybridized carbons (Fsp3) is 0.800. The Hall–Kier alpha value is -0.780. The standard InChI is InChI=1S/C5H8F3N3/c1-3-9-4(5(6,7)8)10-11(3)2/h3H,1-2H3,(H,9,10). The van der Waals surface area contributed by atoms with E-state index in [1.54, 1.807) is 6.92 Å². The molecule has 0 radical (unpaired) electrons. The third-order valence-electron chi connectivity index (χ3n) is 1.43. The number of amidine groups is 1. The van der Waals surface area contributed by atoms with E-state index in [1.165, 1.54) is 12.1 Å². The van der Waals surface area contributed by atoms with Gasteiger partial charge in [-0.15, -0.1) is 0 Å². The summed E-state index contributed by atoms with van der Waals surface area (Å²) >= 11 is 0. The van der Waals surface area contributed by atoms with Crippen LogP contribution in [0.3, 0.4) is 0 Å². The quantitative estimate of drug-likeness (QED) is 0.576. The topological polar surface area (TPSA) is 27.6 Å². The average Bonchev–Trinajstić information content (AvgIpc) is 2.11. The van der Waals surface area contributed by atoms with Crippen molar-refractivity contribution in [2.45, 2.75) is 19.3 Å². The molecular weight excluding hydrogens is 159 g/mol. The Morgan fingerprint density at radius 1 is 1.55 bits per heavy atom. The largest absolute Gasteiger partial charge is 0.450 e. The number of halogens is 3. The van der Waals surface area contributed by atoms with Crippen LogP contribution in [0.1, 0.15) is 6.92 Å². The number of nitrogens with one attached hydrogen (secondary N) is 1. The van der Waals surface area contributed by atoms with Gasteiger partial charge in [0.05, 0.1) is 0 Å². The predicted octanol–water partition coefficient (Wildman–Crippen LogP) is 0.743. The molecule has 0 aliphatic carbocycles. The number of hydrogen-bond donors (Lipinski definition) is 1. The Morgan fingerprint density at radius 3 is 2.27 bits per heavy atom. The lowest BCUT2D eigenvalue weighted by molar-refractivity contribution is -0.0628. The molecule has 1 unspecified atom stereocenters. The molecule has 0 bridgehead atoms. The molecule has 0 spiro atoms. The maximum atomic E-state index is 11.9. The molecule has 1 N–H and O–H groups in total. The van der Waals surface area contributed by atoms with E-state index in [0.29, 0.717) is 0 Å². The van der Waals surface area contributed by atoms with Crippen molar-refractivity contribution >= 4 is 5.84 Å². The summed E-state index contributed by atoms with van der Waals surface area (Å²) in [6.45, 7) is 1.58. The van der Waals surface area contributed by atoms with Crippen molar-refractivity contribution in [1.29, 1.82) is 0 Å². The minimum absolute atomic E-state index is 0.452. The summed E-state index contributed by atoms with van der Waals surface area (Å²) in [5.41, 5.74) is 2.10. The van der Waals surface area contributed by atoms with Gasteiger partial charge in [-0.3, -0.25) is 5.43 Å². The number of hydrogen-bond acceptors (Lipinski definition) is 3. The summed E-state index contributed by atoms with van der Waals surface area (Å²) in [6, 6.07) is 0. The molecule has 11 heavy (non-hydrogen) atoms.